The van der Waals surface area contributed by atoms with Crippen LogP contribution in [0.5, 0.6) is 0 Å². The van der Waals surface area contributed by atoms with Crippen LogP contribution in [0.25, 0.3) is 10.9 Å². The van der Waals surface area contributed by atoms with E-state index in [9.17, 15) is 9.59 Å². The van der Waals surface area contributed by atoms with E-state index in [-0.39, 0.29) is 17.9 Å². The molecule has 30 heavy (non-hydrogen) atoms. The van der Waals surface area contributed by atoms with Crippen molar-refractivity contribution in [2.75, 3.05) is 26.2 Å². The van der Waals surface area contributed by atoms with Gasteiger partial charge in [0.1, 0.15) is 5.69 Å². The number of aromatic amines is 2. The van der Waals surface area contributed by atoms with Crippen molar-refractivity contribution in [3.8, 4) is 0 Å². The summed E-state index contributed by atoms with van der Waals surface area (Å²) in [5, 5.41) is 8.38. The predicted molar refractivity (Wildman–Crippen MR) is 109 cm³/mol. The van der Waals surface area contributed by atoms with Crippen LogP contribution in [0.3, 0.4) is 0 Å². The first-order chi connectivity index (χ1) is 14.7. The van der Waals surface area contributed by atoms with Crippen LogP contribution in [-0.4, -0.2) is 69.1 Å². The number of fused-ring (bicyclic) bond motifs is 3. The standard InChI is InChI=1S/C22H23N5O3/c28-21(18-9-13-3-1-2-4-16(13)23-18)26-7-5-17-15(11-26)20(25-24-17)22(29)27-10-14-6-8-30-19(14)12-27/h1-4,9,14,19,23H,5-8,10-12H2,(H,24,25)/t14-,19+/m1/s1. The lowest BCUT2D eigenvalue weighted by Crippen LogP contribution is -2.37. The number of aromatic nitrogens is 3. The molecule has 0 bridgehead atoms. The molecule has 0 saturated carbocycles. The SMILES string of the molecule is O=C(c1cc2ccccc2[nH]1)N1CCc2[nH]nc(C(=O)N3C[C@H]4CCO[C@H]4C3)c2C1. The number of nitrogens with one attached hydrogen (secondary N) is 2. The number of benzene rings is 1. The summed E-state index contributed by atoms with van der Waals surface area (Å²) in [5.41, 5.74) is 3.75. The molecule has 0 aliphatic carbocycles. The molecule has 2 saturated heterocycles. The van der Waals surface area contributed by atoms with Gasteiger partial charge in [0.05, 0.1) is 12.6 Å². The van der Waals surface area contributed by atoms with Gasteiger partial charge in [-0.2, -0.15) is 5.10 Å². The second-order valence-corrected chi connectivity index (χ2v) is 8.44. The Hall–Kier alpha value is -3.13. The van der Waals surface area contributed by atoms with Gasteiger partial charge in [-0.3, -0.25) is 14.7 Å². The zero-order valence-electron chi connectivity index (χ0n) is 16.6. The predicted octanol–water partition coefficient (Wildman–Crippen LogP) is 1.95. The number of likely N-dealkylation sites (tertiary alicyclic amines) is 1. The summed E-state index contributed by atoms with van der Waals surface area (Å²) in [6.07, 6.45) is 1.83. The number of ether oxygens (including phenoxy) is 1. The lowest BCUT2D eigenvalue weighted by molar-refractivity contribution is 0.0679. The summed E-state index contributed by atoms with van der Waals surface area (Å²) in [6, 6.07) is 9.73. The number of carbonyl (C=O) groups excluding carboxylic acids is 2. The number of para-hydroxylation sites is 1. The summed E-state index contributed by atoms with van der Waals surface area (Å²) in [7, 11) is 0. The van der Waals surface area contributed by atoms with Crippen molar-refractivity contribution in [2.24, 2.45) is 5.92 Å². The number of carbonyl (C=O) groups is 2. The molecular weight excluding hydrogens is 382 g/mol. The summed E-state index contributed by atoms with van der Waals surface area (Å²) < 4.78 is 5.73. The molecule has 3 aromatic rings. The van der Waals surface area contributed by atoms with Crippen LogP contribution >= 0.6 is 0 Å². The van der Waals surface area contributed by atoms with Gasteiger partial charge in [0, 0.05) is 60.7 Å². The normalized spacial score (nSPS) is 23.1. The molecule has 2 aromatic heterocycles. The quantitative estimate of drug-likeness (QED) is 0.681. The Balaban J connectivity index is 1.23. The maximum atomic E-state index is 13.2. The van der Waals surface area contributed by atoms with Crippen LogP contribution in [-0.2, 0) is 17.7 Å². The molecule has 8 nitrogen and oxygen atoms in total. The zero-order valence-corrected chi connectivity index (χ0v) is 16.6. The fraction of sp³-hybridized carbons (Fsp3) is 0.409. The van der Waals surface area contributed by atoms with Gasteiger partial charge >= 0.3 is 0 Å². The fourth-order valence-electron chi connectivity index (χ4n) is 5.00. The highest BCUT2D eigenvalue weighted by Gasteiger charge is 2.41. The highest BCUT2D eigenvalue weighted by molar-refractivity contribution is 5.98. The molecule has 0 radical (unpaired) electrons. The molecule has 3 aliphatic heterocycles. The van der Waals surface area contributed by atoms with E-state index in [0.29, 0.717) is 43.4 Å². The third kappa shape index (κ3) is 2.74. The molecular formula is C22H23N5O3. The van der Waals surface area contributed by atoms with E-state index in [1.54, 1.807) is 4.90 Å². The van der Waals surface area contributed by atoms with Gasteiger partial charge in [-0.25, -0.2) is 0 Å². The fourth-order valence-corrected chi connectivity index (χ4v) is 5.00. The Morgan fingerprint density at radius 3 is 2.90 bits per heavy atom. The van der Waals surface area contributed by atoms with Crippen molar-refractivity contribution in [3.05, 3.63) is 53.0 Å². The number of nitrogens with zero attached hydrogens (tertiary/aromatic N) is 3. The van der Waals surface area contributed by atoms with E-state index in [0.717, 1.165) is 41.7 Å². The second kappa shape index (κ2) is 6.70. The van der Waals surface area contributed by atoms with Crippen LogP contribution in [0.4, 0.5) is 0 Å². The van der Waals surface area contributed by atoms with Crippen molar-refractivity contribution in [2.45, 2.75) is 25.5 Å². The molecule has 0 spiro atoms. The molecule has 5 heterocycles. The van der Waals surface area contributed by atoms with Crippen molar-refractivity contribution in [1.29, 1.82) is 0 Å². The van der Waals surface area contributed by atoms with Gasteiger partial charge in [-0.15, -0.1) is 0 Å². The van der Waals surface area contributed by atoms with Crippen molar-refractivity contribution >= 4 is 22.7 Å². The van der Waals surface area contributed by atoms with Crippen LogP contribution in [0.15, 0.2) is 30.3 Å². The summed E-state index contributed by atoms with van der Waals surface area (Å²) >= 11 is 0. The minimum atomic E-state index is -0.0644. The smallest absolute Gasteiger partial charge is 0.274 e. The van der Waals surface area contributed by atoms with Crippen molar-refractivity contribution in [3.63, 3.8) is 0 Å². The summed E-state index contributed by atoms with van der Waals surface area (Å²) in [4.78, 5) is 33.1. The van der Waals surface area contributed by atoms with Crippen LogP contribution in [0.2, 0.25) is 0 Å². The molecule has 8 heteroatoms. The first kappa shape index (κ1) is 17.7. The van der Waals surface area contributed by atoms with Crippen LogP contribution in [0.1, 0.15) is 38.7 Å². The van der Waals surface area contributed by atoms with Crippen molar-refractivity contribution < 1.29 is 14.3 Å². The lowest BCUT2D eigenvalue weighted by Gasteiger charge is -2.27. The summed E-state index contributed by atoms with van der Waals surface area (Å²) in [5.74, 6) is 0.315. The highest BCUT2D eigenvalue weighted by Crippen LogP contribution is 2.31. The van der Waals surface area contributed by atoms with E-state index in [1.165, 1.54) is 0 Å². The molecule has 1 aromatic carbocycles. The van der Waals surface area contributed by atoms with Gasteiger partial charge in [0.2, 0.25) is 0 Å². The van der Waals surface area contributed by atoms with Gasteiger partial charge in [0.25, 0.3) is 11.8 Å². The first-order valence-electron chi connectivity index (χ1n) is 10.5. The number of H-pyrrole nitrogens is 2. The number of amides is 2. The largest absolute Gasteiger partial charge is 0.376 e. The third-order valence-electron chi connectivity index (χ3n) is 6.67. The number of hydrogen-bond acceptors (Lipinski definition) is 4. The first-order valence-corrected chi connectivity index (χ1v) is 10.5. The molecule has 154 valence electrons. The highest BCUT2D eigenvalue weighted by atomic mass is 16.5. The Morgan fingerprint density at radius 1 is 1.13 bits per heavy atom. The molecule has 3 aliphatic rings. The van der Waals surface area contributed by atoms with Gasteiger partial charge in [0.15, 0.2) is 5.69 Å². The second-order valence-electron chi connectivity index (χ2n) is 8.44. The van der Waals surface area contributed by atoms with E-state index in [1.807, 2.05) is 35.2 Å². The van der Waals surface area contributed by atoms with Crippen molar-refractivity contribution in [1.82, 2.24) is 25.0 Å². The van der Waals surface area contributed by atoms with Gasteiger partial charge in [-0.05, 0) is 18.6 Å². The molecule has 2 amide bonds. The van der Waals surface area contributed by atoms with E-state index < -0.39 is 0 Å². The van der Waals surface area contributed by atoms with E-state index in [2.05, 4.69) is 15.2 Å². The molecule has 2 N–H and O–H groups in total. The molecule has 6 rings (SSSR count). The Bertz CT molecular complexity index is 1100. The Labute approximate surface area is 173 Å². The molecule has 0 unspecified atom stereocenters. The zero-order chi connectivity index (χ0) is 20.2. The average Bonchev–Trinajstić information content (AvgIpc) is 3.53. The average molecular weight is 405 g/mol. The number of rotatable bonds is 2. The maximum absolute atomic E-state index is 13.2. The maximum Gasteiger partial charge on any atom is 0.274 e. The lowest BCUT2D eigenvalue weighted by atomic mass is 10.0. The van der Waals surface area contributed by atoms with E-state index in [4.69, 9.17) is 4.74 Å². The van der Waals surface area contributed by atoms with E-state index >= 15 is 0 Å². The van der Waals surface area contributed by atoms with Crippen LogP contribution < -0.4 is 0 Å². The topological polar surface area (TPSA) is 94.3 Å². The summed E-state index contributed by atoms with van der Waals surface area (Å²) in [6.45, 7) is 3.13. The van der Waals surface area contributed by atoms with Gasteiger partial charge < -0.3 is 19.5 Å². The third-order valence-corrected chi connectivity index (χ3v) is 6.67. The minimum Gasteiger partial charge on any atom is -0.376 e. The Morgan fingerprint density at radius 2 is 2.03 bits per heavy atom. The van der Waals surface area contributed by atoms with Crippen LogP contribution in [0, 0.1) is 5.92 Å². The Kier molecular flexibility index (Phi) is 3.95. The molecule has 2 atom stereocenters. The monoisotopic (exact) mass is 405 g/mol. The minimum absolute atomic E-state index is 0.0550. The van der Waals surface area contributed by atoms with Gasteiger partial charge in [-0.1, -0.05) is 18.2 Å². The molecule has 2 fully saturated rings. The number of hydrogen-bond donors (Lipinski definition) is 2.